The van der Waals surface area contributed by atoms with Crippen LogP contribution < -0.4 is 0 Å². The van der Waals surface area contributed by atoms with E-state index >= 15 is 0 Å². The predicted molar refractivity (Wildman–Crippen MR) is 129 cm³/mol. The summed E-state index contributed by atoms with van der Waals surface area (Å²) in [6.45, 7) is 9.18. The van der Waals surface area contributed by atoms with Gasteiger partial charge in [-0.15, -0.1) is 0 Å². The summed E-state index contributed by atoms with van der Waals surface area (Å²) in [6, 6.07) is 3.71. The van der Waals surface area contributed by atoms with Crippen LogP contribution in [0.25, 0.3) is 0 Å². The van der Waals surface area contributed by atoms with E-state index in [0.717, 1.165) is 24.2 Å². The molecule has 0 saturated carbocycles. The first kappa shape index (κ1) is 26.8. The van der Waals surface area contributed by atoms with Crippen LogP contribution in [0.1, 0.15) is 108 Å². The summed E-state index contributed by atoms with van der Waals surface area (Å²) in [5.41, 5.74) is 1.65. The summed E-state index contributed by atoms with van der Waals surface area (Å²) < 4.78 is 0. The zero-order valence-electron chi connectivity index (χ0n) is 19.0. The highest BCUT2D eigenvalue weighted by molar-refractivity contribution is 6.36. The molecule has 0 aromatic heterocycles. The van der Waals surface area contributed by atoms with Gasteiger partial charge in [0.15, 0.2) is 0 Å². The summed E-state index contributed by atoms with van der Waals surface area (Å²) in [4.78, 5) is 2.44. The quantitative estimate of drug-likeness (QED) is 0.244. The van der Waals surface area contributed by atoms with Crippen molar-refractivity contribution in [3.8, 4) is 0 Å². The number of hydrogen-bond acceptors (Lipinski definition) is 2. The summed E-state index contributed by atoms with van der Waals surface area (Å²) in [5.74, 6) is 0. The maximum absolute atomic E-state index is 10.9. The average molecular weight is 445 g/mol. The second-order valence-electron chi connectivity index (χ2n) is 8.43. The topological polar surface area (TPSA) is 23.5 Å². The van der Waals surface area contributed by atoms with Crippen LogP contribution in [-0.4, -0.2) is 29.6 Å². The van der Waals surface area contributed by atoms with Gasteiger partial charge in [-0.2, -0.15) is 0 Å². The van der Waals surface area contributed by atoms with Crippen molar-refractivity contribution in [2.24, 2.45) is 0 Å². The molecule has 1 aromatic rings. The molecule has 0 unspecified atom stereocenters. The van der Waals surface area contributed by atoms with Crippen LogP contribution in [0.5, 0.6) is 0 Å². The molecule has 4 heteroatoms. The number of aliphatic hydroxyl groups excluding tert-OH is 1. The molecule has 0 fully saturated rings. The van der Waals surface area contributed by atoms with Gasteiger partial charge in [-0.05, 0) is 44.5 Å². The van der Waals surface area contributed by atoms with Gasteiger partial charge in [-0.3, -0.25) is 0 Å². The van der Waals surface area contributed by atoms with Crippen LogP contribution >= 0.6 is 23.2 Å². The van der Waals surface area contributed by atoms with Crippen LogP contribution in [0.3, 0.4) is 0 Å². The third-order valence-electron chi connectivity index (χ3n) is 5.80. The monoisotopic (exact) mass is 443 g/mol. The van der Waals surface area contributed by atoms with Gasteiger partial charge in [0.2, 0.25) is 0 Å². The van der Waals surface area contributed by atoms with Crippen molar-refractivity contribution in [2.45, 2.75) is 104 Å². The van der Waals surface area contributed by atoms with Crippen molar-refractivity contribution in [1.82, 2.24) is 4.90 Å². The lowest BCUT2D eigenvalue weighted by Crippen LogP contribution is -2.31. The van der Waals surface area contributed by atoms with E-state index in [4.69, 9.17) is 23.2 Å². The zero-order chi connectivity index (χ0) is 21.5. The molecule has 2 nitrogen and oxygen atoms in total. The SMILES string of the molecule is CCCCCCCCN(CCCCCCCC)C[C@@H](O)c1ccc(Cl)c(C)c1Cl. The van der Waals surface area contributed by atoms with E-state index in [1.807, 2.05) is 19.1 Å². The Balaban J connectivity index is 2.55. The first-order valence-electron chi connectivity index (χ1n) is 11.9. The van der Waals surface area contributed by atoms with Crippen LogP contribution in [0.2, 0.25) is 10.0 Å². The lowest BCUT2D eigenvalue weighted by molar-refractivity contribution is 0.110. The molecule has 0 heterocycles. The average Bonchev–Trinajstić information content (AvgIpc) is 2.71. The van der Waals surface area contributed by atoms with E-state index in [1.54, 1.807) is 0 Å². The molecule has 0 radical (unpaired) electrons. The molecular weight excluding hydrogens is 401 g/mol. The van der Waals surface area contributed by atoms with Gasteiger partial charge in [0.1, 0.15) is 0 Å². The predicted octanol–water partition coefficient (Wildman–Crippen LogP) is 8.36. The first-order valence-corrected chi connectivity index (χ1v) is 12.6. The van der Waals surface area contributed by atoms with Crippen molar-refractivity contribution >= 4 is 23.2 Å². The number of benzene rings is 1. The molecule has 0 spiro atoms. The van der Waals surface area contributed by atoms with E-state index in [0.29, 0.717) is 16.6 Å². The molecule has 29 heavy (non-hydrogen) atoms. The number of aliphatic hydroxyl groups is 1. The Labute approximate surface area is 190 Å². The number of unbranched alkanes of at least 4 members (excludes halogenated alkanes) is 10. The highest BCUT2D eigenvalue weighted by atomic mass is 35.5. The molecule has 0 amide bonds. The third-order valence-corrected chi connectivity index (χ3v) is 6.71. The van der Waals surface area contributed by atoms with Gasteiger partial charge in [-0.25, -0.2) is 0 Å². The molecule has 1 N–H and O–H groups in total. The number of nitrogens with zero attached hydrogens (tertiary/aromatic N) is 1. The van der Waals surface area contributed by atoms with Crippen LogP contribution in [0.15, 0.2) is 12.1 Å². The highest BCUT2D eigenvalue weighted by Crippen LogP contribution is 2.31. The molecular formula is C25H43Cl2NO. The summed E-state index contributed by atoms with van der Waals surface area (Å²) in [7, 11) is 0. The standard InChI is InChI=1S/C25H43Cl2NO/c1-4-6-8-10-12-14-18-28(19-15-13-11-9-7-5-2)20-24(29)22-16-17-23(26)21(3)25(22)27/h16-17,24,29H,4-15,18-20H2,1-3H3/t24-/m1/s1. The minimum Gasteiger partial charge on any atom is -0.387 e. The minimum absolute atomic E-state index is 0.571. The third kappa shape index (κ3) is 11.1. The maximum atomic E-state index is 10.9. The molecule has 168 valence electrons. The Morgan fingerprint density at radius 1 is 0.793 bits per heavy atom. The number of rotatable bonds is 17. The highest BCUT2D eigenvalue weighted by Gasteiger charge is 2.18. The van der Waals surface area contributed by atoms with E-state index in [-0.39, 0.29) is 0 Å². The number of halogens is 2. The summed E-state index contributed by atoms with van der Waals surface area (Å²) >= 11 is 12.6. The summed E-state index contributed by atoms with van der Waals surface area (Å²) in [5, 5.41) is 12.1. The fraction of sp³-hybridized carbons (Fsp3) is 0.760. The number of hydrogen-bond donors (Lipinski definition) is 1. The van der Waals surface area contributed by atoms with Crippen molar-refractivity contribution < 1.29 is 5.11 Å². The molecule has 1 atom stereocenters. The van der Waals surface area contributed by atoms with Crippen LogP contribution in [-0.2, 0) is 0 Å². The molecule has 0 saturated heterocycles. The molecule has 0 aliphatic carbocycles. The normalized spacial score (nSPS) is 12.7. The zero-order valence-corrected chi connectivity index (χ0v) is 20.5. The van der Waals surface area contributed by atoms with Gasteiger partial charge in [0.25, 0.3) is 0 Å². The Hall–Kier alpha value is -0.280. The maximum Gasteiger partial charge on any atom is 0.0931 e. The van der Waals surface area contributed by atoms with Gasteiger partial charge in [-0.1, -0.05) is 107 Å². The van der Waals surface area contributed by atoms with Crippen molar-refractivity contribution in [2.75, 3.05) is 19.6 Å². The minimum atomic E-state index is -0.571. The van der Waals surface area contributed by atoms with E-state index < -0.39 is 6.10 Å². The molecule has 1 rings (SSSR count). The smallest absolute Gasteiger partial charge is 0.0931 e. The van der Waals surface area contributed by atoms with Crippen LogP contribution in [0, 0.1) is 6.92 Å². The fourth-order valence-corrected chi connectivity index (χ4v) is 4.31. The summed E-state index contributed by atoms with van der Waals surface area (Å²) in [6.07, 6.45) is 15.0. The molecule has 0 aliphatic rings. The van der Waals surface area contributed by atoms with E-state index in [2.05, 4.69) is 18.7 Å². The Kier molecular flexibility index (Phi) is 15.1. The lowest BCUT2D eigenvalue weighted by atomic mass is 10.0. The van der Waals surface area contributed by atoms with Crippen molar-refractivity contribution in [3.63, 3.8) is 0 Å². The van der Waals surface area contributed by atoms with Gasteiger partial charge in [0.05, 0.1) is 11.1 Å². The van der Waals surface area contributed by atoms with Crippen LogP contribution in [0.4, 0.5) is 0 Å². The molecule has 0 bridgehead atoms. The molecule has 1 aromatic carbocycles. The van der Waals surface area contributed by atoms with Gasteiger partial charge in [0, 0.05) is 17.1 Å². The Bertz CT molecular complexity index is 534. The largest absolute Gasteiger partial charge is 0.387 e. The van der Waals surface area contributed by atoms with E-state index in [9.17, 15) is 5.11 Å². The van der Waals surface area contributed by atoms with Crippen molar-refractivity contribution in [1.29, 1.82) is 0 Å². The van der Waals surface area contributed by atoms with Gasteiger partial charge >= 0.3 is 0 Å². The molecule has 0 aliphatic heterocycles. The Morgan fingerprint density at radius 3 is 1.79 bits per heavy atom. The fourth-order valence-electron chi connectivity index (χ4n) is 3.81. The lowest BCUT2D eigenvalue weighted by Gasteiger charge is -2.26. The second-order valence-corrected chi connectivity index (χ2v) is 9.21. The Morgan fingerprint density at radius 2 is 1.28 bits per heavy atom. The van der Waals surface area contributed by atoms with E-state index in [1.165, 1.54) is 77.0 Å². The second kappa shape index (κ2) is 16.4. The van der Waals surface area contributed by atoms with Gasteiger partial charge < -0.3 is 10.0 Å². The first-order chi connectivity index (χ1) is 14.0. The van der Waals surface area contributed by atoms with Crippen molar-refractivity contribution in [3.05, 3.63) is 33.3 Å².